The SMILES string of the molecule is C[Si](C)(C)O[Si](C)(C)O[Si](C)(O[SiH2]c1ccccc1)c1ccccc1. The van der Waals surface area contributed by atoms with Gasteiger partial charge in [-0.2, -0.15) is 0 Å². The fourth-order valence-corrected chi connectivity index (χ4v) is 18.1. The molecule has 0 heterocycles. The van der Waals surface area contributed by atoms with Crippen LogP contribution in [0, 0.1) is 0 Å². The number of benzene rings is 2. The van der Waals surface area contributed by atoms with Crippen LogP contribution in [0.25, 0.3) is 0 Å². The molecular formula is C18H30O3Si4. The van der Waals surface area contributed by atoms with Gasteiger partial charge in [-0.1, -0.05) is 60.7 Å². The summed E-state index contributed by atoms with van der Waals surface area (Å²) in [6.45, 7) is 13.1. The van der Waals surface area contributed by atoms with Crippen molar-refractivity contribution in [2.45, 2.75) is 39.3 Å². The number of rotatable bonds is 8. The number of hydrogen-bond donors (Lipinski definition) is 0. The van der Waals surface area contributed by atoms with Gasteiger partial charge in [-0.05, 0) is 49.7 Å². The van der Waals surface area contributed by atoms with E-state index in [-0.39, 0.29) is 0 Å². The smallest absolute Gasteiger partial charge is 0.350 e. The van der Waals surface area contributed by atoms with Gasteiger partial charge in [0, 0.05) is 0 Å². The maximum absolute atomic E-state index is 6.71. The highest BCUT2D eigenvalue weighted by Crippen LogP contribution is 2.21. The van der Waals surface area contributed by atoms with Crippen molar-refractivity contribution < 1.29 is 12.3 Å². The Labute approximate surface area is 157 Å². The van der Waals surface area contributed by atoms with E-state index >= 15 is 0 Å². The van der Waals surface area contributed by atoms with E-state index in [4.69, 9.17) is 12.3 Å². The molecule has 0 spiro atoms. The third kappa shape index (κ3) is 6.78. The van der Waals surface area contributed by atoms with Gasteiger partial charge in [-0.3, -0.25) is 0 Å². The van der Waals surface area contributed by atoms with Gasteiger partial charge in [0.2, 0.25) is 0 Å². The normalized spacial score (nSPS) is 15.4. The molecule has 25 heavy (non-hydrogen) atoms. The molecule has 2 aromatic rings. The van der Waals surface area contributed by atoms with Crippen LogP contribution in [0.5, 0.6) is 0 Å². The molecule has 0 aliphatic rings. The van der Waals surface area contributed by atoms with Gasteiger partial charge in [0.25, 0.3) is 0 Å². The van der Waals surface area contributed by atoms with Gasteiger partial charge in [0.05, 0.1) is 0 Å². The van der Waals surface area contributed by atoms with E-state index in [0.29, 0.717) is 0 Å². The fraction of sp³-hybridized carbons (Fsp3) is 0.333. The van der Waals surface area contributed by atoms with Crippen molar-refractivity contribution in [1.29, 1.82) is 0 Å². The lowest BCUT2D eigenvalue weighted by Gasteiger charge is -2.38. The van der Waals surface area contributed by atoms with Crippen LogP contribution in [0.15, 0.2) is 60.7 Å². The van der Waals surface area contributed by atoms with Crippen molar-refractivity contribution in [3.05, 3.63) is 60.7 Å². The minimum absolute atomic E-state index is 0.855. The first-order valence-electron chi connectivity index (χ1n) is 8.73. The molecule has 136 valence electrons. The molecule has 1 unspecified atom stereocenters. The lowest BCUT2D eigenvalue weighted by atomic mass is 10.4. The molecule has 0 fully saturated rings. The van der Waals surface area contributed by atoms with Gasteiger partial charge >= 0.3 is 17.1 Å². The first kappa shape index (κ1) is 20.5. The molecule has 0 aromatic heterocycles. The van der Waals surface area contributed by atoms with Crippen molar-refractivity contribution in [3.63, 3.8) is 0 Å². The van der Waals surface area contributed by atoms with Crippen LogP contribution in [-0.2, 0) is 12.3 Å². The van der Waals surface area contributed by atoms with Crippen molar-refractivity contribution in [2.75, 3.05) is 0 Å². The van der Waals surface area contributed by atoms with Gasteiger partial charge in [-0.15, -0.1) is 0 Å². The summed E-state index contributed by atoms with van der Waals surface area (Å²) in [6.07, 6.45) is 0. The molecule has 3 nitrogen and oxygen atoms in total. The van der Waals surface area contributed by atoms with Gasteiger partial charge < -0.3 is 12.3 Å². The van der Waals surface area contributed by atoms with E-state index < -0.39 is 35.2 Å². The molecule has 0 bridgehead atoms. The van der Waals surface area contributed by atoms with Crippen LogP contribution in [0.2, 0.25) is 39.3 Å². The van der Waals surface area contributed by atoms with Gasteiger partial charge in [0.1, 0.15) is 0 Å². The van der Waals surface area contributed by atoms with Crippen LogP contribution >= 0.6 is 0 Å². The Balaban J connectivity index is 2.23. The molecule has 0 aliphatic heterocycles. The number of hydrogen-bond acceptors (Lipinski definition) is 3. The zero-order valence-electron chi connectivity index (χ0n) is 16.2. The summed E-state index contributed by atoms with van der Waals surface area (Å²) in [5.41, 5.74) is 0. The highest BCUT2D eigenvalue weighted by Gasteiger charge is 2.43. The minimum atomic E-state index is -2.52. The third-order valence-corrected chi connectivity index (χ3v) is 16.6. The molecule has 0 amide bonds. The lowest BCUT2D eigenvalue weighted by molar-refractivity contribution is 0.345. The molecular weight excluding hydrogens is 377 g/mol. The van der Waals surface area contributed by atoms with E-state index in [2.05, 4.69) is 87.8 Å². The Morgan fingerprint density at radius 3 is 1.72 bits per heavy atom. The highest BCUT2D eigenvalue weighted by molar-refractivity contribution is 6.92. The summed E-state index contributed by atoms with van der Waals surface area (Å²) in [5.74, 6) is 0. The first-order chi connectivity index (χ1) is 11.6. The Bertz CT molecular complexity index is 659. The summed E-state index contributed by atoms with van der Waals surface area (Å²) >= 11 is 0. The van der Waals surface area contributed by atoms with Crippen LogP contribution in [-0.4, -0.2) is 35.2 Å². The zero-order chi connectivity index (χ0) is 18.6. The minimum Gasteiger partial charge on any atom is -0.437 e. The largest absolute Gasteiger partial charge is 0.437 e. The second-order valence-electron chi connectivity index (χ2n) is 7.80. The van der Waals surface area contributed by atoms with E-state index in [1.807, 2.05) is 12.1 Å². The Morgan fingerprint density at radius 2 is 1.20 bits per heavy atom. The molecule has 2 aromatic carbocycles. The Kier molecular flexibility index (Phi) is 6.77. The summed E-state index contributed by atoms with van der Waals surface area (Å²) in [6, 6.07) is 20.9. The maximum Gasteiger partial charge on any atom is 0.350 e. The van der Waals surface area contributed by atoms with Crippen LogP contribution in [0.4, 0.5) is 0 Å². The molecule has 0 aliphatic carbocycles. The molecule has 0 saturated carbocycles. The average molecular weight is 407 g/mol. The van der Waals surface area contributed by atoms with Crippen LogP contribution in [0.1, 0.15) is 0 Å². The second-order valence-corrected chi connectivity index (χ2v) is 21.2. The molecule has 1 atom stereocenters. The average Bonchev–Trinajstić information content (AvgIpc) is 2.52. The second kappa shape index (κ2) is 8.25. The summed E-state index contributed by atoms with van der Waals surface area (Å²) in [4.78, 5) is 0. The van der Waals surface area contributed by atoms with Crippen molar-refractivity contribution in [3.8, 4) is 0 Å². The van der Waals surface area contributed by atoms with Gasteiger partial charge in [0.15, 0.2) is 18.1 Å². The monoisotopic (exact) mass is 406 g/mol. The van der Waals surface area contributed by atoms with Crippen molar-refractivity contribution >= 4 is 45.6 Å². The predicted molar refractivity (Wildman–Crippen MR) is 116 cm³/mol. The standard InChI is InChI=1S/C18H30O3Si4/c1-23(2,3)20-24(4,5)21-25(6,18-15-11-8-12-16-18)19-22-17-13-9-7-10-14-17/h7-16H,22H2,1-6H3. The summed E-state index contributed by atoms with van der Waals surface area (Å²) < 4.78 is 19.7. The third-order valence-electron chi connectivity index (χ3n) is 3.65. The van der Waals surface area contributed by atoms with Crippen molar-refractivity contribution in [2.24, 2.45) is 0 Å². The quantitative estimate of drug-likeness (QED) is 0.631. The van der Waals surface area contributed by atoms with Gasteiger partial charge in [-0.25, -0.2) is 0 Å². The molecule has 0 radical (unpaired) electrons. The highest BCUT2D eigenvalue weighted by atomic mass is 28.5. The first-order valence-corrected chi connectivity index (χ1v) is 18.6. The van der Waals surface area contributed by atoms with Crippen LogP contribution in [0.3, 0.4) is 0 Å². The molecule has 7 heteroatoms. The van der Waals surface area contributed by atoms with E-state index in [1.54, 1.807) is 0 Å². The lowest BCUT2D eigenvalue weighted by Crippen LogP contribution is -2.60. The molecule has 2 rings (SSSR count). The maximum atomic E-state index is 6.71. The fourth-order valence-electron chi connectivity index (χ4n) is 2.94. The summed E-state index contributed by atoms with van der Waals surface area (Å²) in [5, 5.41) is 2.48. The topological polar surface area (TPSA) is 27.7 Å². The van der Waals surface area contributed by atoms with E-state index in [0.717, 1.165) is 0 Å². The Hall–Kier alpha value is -0.812. The van der Waals surface area contributed by atoms with E-state index in [9.17, 15) is 0 Å². The van der Waals surface area contributed by atoms with Crippen molar-refractivity contribution in [1.82, 2.24) is 0 Å². The summed E-state index contributed by atoms with van der Waals surface area (Å²) in [7, 11) is -7.32. The predicted octanol–water partition coefficient (Wildman–Crippen LogP) is 2.96. The molecule has 0 saturated heterocycles. The Morgan fingerprint density at radius 1 is 0.680 bits per heavy atom. The van der Waals surface area contributed by atoms with Crippen LogP contribution < -0.4 is 10.4 Å². The van der Waals surface area contributed by atoms with E-state index in [1.165, 1.54) is 10.4 Å². The molecule has 0 N–H and O–H groups in total. The zero-order valence-corrected chi connectivity index (χ0v) is 20.6.